The van der Waals surface area contributed by atoms with Crippen LogP contribution in [0.1, 0.15) is 13.3 Å². The number of ether oxygens (including phenoxy) is 1. The van der Waals surface area contributed by atoms with Crippen LogP contribution in [0.3, 0.4) is 0 Å². The highest BCUT2D eigenvalue weighted by Crippen LogP contribution is 2.28. The molecule has 0 spiro atoms. The second-order valence-corrected chi connectivity index (χ2v) is 6.61. The van der Waals surface area contributed by atoms with Gasteiger partial charge in [-0.15, -0.1) is 0 Å². The lowest BCUT2D eigenvalue weighted by Crippen LogP contribution is -2.57. The summed E-state index contributed by atoms with van der Waals surface area (Å²) in [5.74, 6) is -0.0799. The molecule has 0 bridgehead atoms. The summed E-state index contributed by atoms with van der Waals surface area (Å²) >= 11 is 1.39. The van der Waals surface area contributed by atoms with Crippen LogP contribution in [0.25, 0.3) is 0 Å². The fraction of sp³-hybridized carbons (Fsp3) is 0.571. The number of imide groups is 1. The lowest BCUT2D eigenvalue weighted by molar-refractivity contribution is -0.127. The summed E-state index contributed by atoms with van der Waals surface area (Å²) in [4.78, 5) is 33.1. The van der Waals surface area contributed by atoms with Crippen molar-refractivity contribution in [3.8, 4) is 0 Å². The average Bonchev–Trinajstić information content (AvgIpc) is 2.91. The largest absolute Gasteiger partial charge is 0.390 e. The van der Waals surface area contributed by atoms with Gasteiger partial charge in [-0.3, -0.25) is 15.0 Å². The molecule has 8 nitrogen and oxygen atoms in total. The maximum absolute atomic E-state index is 11.9. The van der Waals surface area contributed by atoms with Gasteiger partial charge in [0.25, 0.3) is 0 Å². The number of nitrogens with zero attached hydrogens (tertiary/aromatic N) is 3. The van der Waals surface area contributed by atoms with E-state index in [1.54, 1.807) is 25.4 Å². The number of aliphatic hydroxyl groups is 1. The molecule has 2 fully saturated rings. The van der Waals surface area contributed by atoms with Crippen LogP contribution in [0, 0.1) is 5.92 Å². The maximum atomic E-state index is 11.9. The third-order valence-corrected chi connectivity index (χ3v) is 4.84. The Labute approximate surface area is 137 Å². The van der Waals surface area contributed by atoms with E-state index in [0.717, 1.165) is 0 Å². The minimum atomic E-state index is -0.669. The molecule has 124 valence electrons. The van der Waals surface area contributed by atoms with E-state index in [1.807, 2.05) is 0 Å². The van der Waals surface area contributed by atoms with E-state index in [4.69, 9.17) is 4.74 Å². The smallest absolute Gasteiger partial charge is 0.326 e. The molecular weight excluding hydrogens is 320 g/mol. The Morgan fingerprint density at radius 2 is 2.17 bits per heavy atom. The van der Waals surface area contributed by atoms with Crippen molar-refractivity contribution in [2.45, 2.75) is 36.9 Å². The summed E-state index contributed by atoms with van der Waals surface area (Å²) in [6, 6.07) is 1.27. The molecule has 1 aromatic heterocycles. The van der Waals surface area contributed by atoms with Gasteiger partial charge in [-0.2, -0.15) is 0 Å². The highest BCUT2D eigenvalue weighted by molar-refractivity contribution is 7.99. The lowest BCUT2D eigenvalue weighted by atomic mass is 10.1. The van der Waals surface area contributed by atoms with Crippen LogP contribution in [0.4, 0.5) is 4.79 Å². The molecule has 23 heavy (non-hydrogen) atoms. The molecule has 2 N–H and O–H groups in total. The van der Waals surface area contributed by atoms with Crippen LogP contribution in [0.5, 0.6) is 0 Å². The van der Waals surface area contributed by atoms with Crippen LogP contribution in [-0.4, -0.2) is 62.6 Å². The Morgan fingerprint density at radius 1 is 1.43 bits per heavy atom. The molecule has 1 aromatic rings. The highest BCUT2D eigenvalue weighted by Gasteiger charge is 2.42. The van der Waals surface area contributed by atoms with Gasteiger partial charge >= 0.3 is 6.03 Å². The SMILES string of the molecule is CC1CN([C@H]2C[C@H](O)[C@@H](CSc3ncccn3)O2)C(=O)NC1=O. The second kappa shape index (κ2) is 6.81. The minimum absolute atomic E-state index is 0.280. The van der Waals surface area contributed by atoms with E-state index < -0.39 is 24.5 Å². The van der Waals surface area contributed by atoms with Gasteiger partial charge in [0.2, 0.25) is 5.91 Å². The Morgan fingerprint density at radius 3 is 2.91 bits per heavy atom. The standard InChI is InChI=1S/C14H18N4O4S/c1-8-6-18(14(21)17-12(8)20)11-5-9(19)10(22-11)7-23-13-15-3-2-4-16-13/h2-4,8-11,19H,5-7H2,1H3,(H,17,20,21)/t8?,9-,10+,11+/m0/s1. The number of hydrogen-bond donors (Lipinski definition) is 2. The van der Waals surface area contributed by atoms with Crippen molar-refractivity contribution in [3.05, 3.63) is 18.5 Å². The number of amides is 3. The predicted octanol–water partition coefficient (Wildman–Crippen LogP) is 0.233. The lowest BCUT2D eigenvalue weighted by Gasteiger charge is -2.34. The van der Waals surface area contributed by atoms with Crippen LogP contribution in [0.15, 0.2) is 23.6 Å². The molecule has 0 radical (unpaired) electrons. The summed E-state index contributed by atoms with van der Waals surface area (Å²) < 4.78 is 5.82. The quantitative estimate of drug-likeness (QED) is 0.598. The molecule has 3 rings (SSSR count). The number of carbonyl (C=O) groups is 2. The molecule has 9 heteroatoms. The molecule has 3 heterocycles. The third kappa shape index (κ3) is 3.62. The Bertz CT molecular complexity index is 587. The number of aromatic nitrogens is 2. The van der Waals surface area contributed by atoms with Crippen LogP contribution in [-0.2, 0) is 9.53 Å². The summed E-state index contributed by atoms with van der Waals surface area (Å²) in [6.07, 6.45) is 2.03. The number of carbonyl (C=O) groups excluding carboxylic acids is 2. The topological polar surface area (TPSA) is 105 Å². The van der Waals surface area contributed by atoms with Crippen molar-refractivity contribution < 1.29 is 19.4 Å². The van der Waals surface area contributed by atoms with Crippen molar-refractivity contribution in [2.24, 2.45) is 5.92 Å². The van der Waals surface area contributed by atoms with Crippen molar-refractivity contribution in [2.75, 3.05) is 12.3 Å². The molecular formula is C14H18N4O4S. The van der Waals surface area contributed by atoms with E-state index in [9.17, 15) is 14.7 Å². The summed E-state index contributed by atoms with van der Waals surface area (Å²) in [6.45, 7) is 2.05. The van der Waals surface area contributed by atoms with E-state index in [2.05, 4.69) is 15.3 Å². The normalized spacial score (nSPS) is 31.3. The molecule has 4 atom stereocenters. The highest BCUT2D eigenvalue weighted by atomic mass is 32.2. The fourth-order valence-corrected chi connectivity index (χ4v) is 3.47. The van der Waals surface area contributed by atoms with Gasteiger partial charge in [-0.25, -0.2) is 14.8 Å². The fourth-order valence-electron chi connectivity index (χ4n) is 2.58. The molecule has 3 amide bonds. The predicted molar refractivity (Wildman–Crippen MR) is 81.4 cm³/mol. The van der Waals surface area contributed by atoms with Gasteiger partial charge < -0.3 is 9.84 Å². The van der Waals surface area contributed by atoms with Crippen LogP contribution < -0.4 is 5.32 Å². The number of urea groups is 1. The van der Waals surface area contributed by atoms with Gasteiger partial charge in [0.1, 0.15) is 6.23 Å². The van der Waals surface area contributed by atoms with Crippen molar-refractivity contribution in [3.63, 3.8) is 0 Å². The van der Waals surface area contributed by atoms with Gasteiger partial charge in [-0.1, -0.05) is 18.7 Å². The molecule has 2 aliphatic rings. The molecule has 0 aliphatic carbocycles. The number of aliphatic hydroxyl groups excluding tert-OH is 1. The first-order valence-corrected chi connectivity index (χ1v) is 8.38. The number of rotatable bonds is 4. The first-order chi connectivity index (χ1) is 11.0. The number of hydrogen-bond acceptors (Lipinski definition) is 7. The Kier molecular flexibility index (Phi) is 4.79. The zero-order valence-electron chi connectivity index (χ0n) is 12.6. The Balaban J connectivity index is 1.57. The summed E-state index contributed by atoms with van der Waals surface area (Å²) in [5, 5.41) is 13.1. The van der Waals surface area contributed by atoms with E-state index in [0.29, 0.717) is 23.9 Å². The molecule has 2 aliphatic heterocycles. The Hall–Kier alpha value is -1.71. The van der Waals surface area contributed by atoms with Crippen LogP contribution in [0.2, 0.25) is 0 Å². The van der Waals surface area contributed by atoms with Crippen LogP contribution >= 0.6 is 11.8 Å². The van der Waals surface area contributed by atoms with Crippen molar-refractivity contribution in [1.82, 2.24) is 20.2 Å². The summed E-state index contributed by atoms with van der Waals surface area (Å²) in [7, 11) is 0. The molecule has 0 saturated carbocycles. The molecule has 0 aromatic carbocycles. The van der Waals surface area contributed by atoms with Gasteiger partial charge in [-0.05, 0) is 6.07 Å². The van der Waals surface area contributed by atoms with Gasteiger partial charge in [0, 0.05) is 31.1 Å². The third-order valence-electron chi connectivity index (χ3n) is 3.88. The summed E-state index contributed by atoms with van der Waals surface area (Å²) in [5.41, 5.74) is 0. The zero-order valence-corrected chi connectivity index (χ0v) is 13.4. The maximum Gasteiger partial charge on any atom is 0.326 e. The minimum Gasteiger partial charge on any atom is -0.390 e. The second-order valence-electron chi connectivity index (χ2n) is 5.62. The molecule has 1 unspecified atom stereocenters. The van der Waals surface area contributed by atoms with E-state index in [1.165, 1.54) is 16.7 Å². The number of nitrogens with one attached hydrogen (secondary N) is 1. The molecule has 2 saturated heterocycles. The van der Waals surface area contributed by atoms with E-state index in [-0.39, 0.29) is 11.8 Å². The van der Waals surface area contributed by atoms with Gasteiger partial charge in [0.05, 0.1) is 18.1 Å². The first kappa shape index (κ1) is 16.2. The average molecular weight is 338 g/mol. The van der Waals surface area contributed by atoms with Gasteiger partial charge in [0.15, 0.2) is 5.16 Å². The first-order valence-electron chi connectivity index (χ1n) is 7.39. The van der Waals surface area contributed by atoms with Crippen molar-refractivity contribution >= 4 is 23.7 Å². The number of thioether (sulfide) groups is 1. The van der Waals surface area contributed by atoms with E-state index >= 15 is 0 Å². The zero-order chi connectivity index (χ0) is 16.4. The van der Waals surface area contributed by atoms with Crippen molar-refractivity contribution in [1.29, 1.82) is 0 Å². The monoisotopic (exact) mass is 338 g/mol.